The van der Waals surface area contributed by atoms with Gasteiger partial charge in [-0.25, -0.2) is 4.98 Å². The van der Waals surface area contributed by atoms with Crippen LogP contribution in [-0.4, -0.2) is 42.1 Å². The SMILES string of the molecule is COc1ccc(CCC(=O)N2CCC(Oc3nccs3)C2)cc1. The Morgan fingerprint density at radius 2 is 2.22 bits per heavy atom. The summed E-state index contributed by atoms with van der Waals surface area (Å²) in [4.78, 5) is 18.3. The number of hydrogen-bond acceptors (Lipinski definition) is 5. The number of carbonyl (C=O) groups is 1. The zero-order valence-corrected chi connectivity index (χ0v) is 13.9. The smallest absolute Gasteiger partial charge is 0.273 e. The Bertz CT molecular complexity index is 628. The lowest BCUT2D eigenvalue weighted by Crippen LogP contribution is -2.31. The van der Waals surface area contributed by atoms with Crippen LogP contribution in [-0.2, 0) is 11.2 Å². The highest BCUT2D eigenvalue weighted by Crippen LogP contribution is 2.21. The molecule has 1 saturated heterocycles. The summed E-state index contributed by atoms with van der Waals surface area (Å²) in [5.41, 5.74) is 1.15. The summed E-state index contributed by atoms with van der Waals surface area (Å²) in [6.45, 7) is 1.42. The van der Waals surface area contributed by atoms with Crippen LogP contribution in [0, 0.1) is 0 Å². The summed E-state index contributed by atoms with van der Waals surface area (Å²) >= 11 is 1.48. The van der Waals surface area contributed by atoms with Gasteiger partial charge in [-0.15, -0.1) is 0 Å². The molecule has 3 rings (SSSR count). The van der Waals surface area contributed by atoms with Gasteiger partial charge in [0.1, 0.15) is 11.9 Å². The highest BCUT2D eigenvalue weighted by atomic mass is 32.1. The highest BCUT2D eigenvalue weighted by Gasteiger charge is 2.27. The largest absolute Gasteiger partial charge is 0.497 e. The van der Waals surface area contributed by atoms with Crippen LogP contribution in [0.1, 0.15) is 18.4 Å². The fraction of sp³-hybridized carbons (Fsp3) is 0.412. The first-order valence-corrected chi connectivity index (χ1v) is 8.59. The molecule has 0 saturated carbocycles. The summed E-state index contributed by atoms with van der Waals surface area (Å²) in [5, 5.41) is 2.57. The van der Waals surface area contributed by atoms with Crippen LogP contribution >= 0.6 is 11.3 Å². The number of carbonyl (C=O) groups excluding carboxylic acids is 1. The zero-order valence-electron chi connectivity index (χ0n) is 13.1. The fourth-order valence-corrected chi connectivity index (χ4v) is 3.22. The van der Waals surface area contributed by atoms with E-state index in [0.29, 0.717) is 18.2 Å². The maximum atomic E-state index is 12.3. The minimum atomic E-state index is 0.0612. The molecule has 6 heteroatoms. The molecule has 2 heterocycles. The maximum absolute atomic E-state index is 12.3. The molecular weight excluding hydrogens is 312 g/mol. The number of rotatable bonds is 6. The van der Waals surface area contributed by atoms with Gasteiger partial charge in [-0.1, -0.05) is 23.5 Å². The van der Waals surface area contributed by atoms with Crippen LogP contribution in [0.2, 0.25) is 0 Å². The van der Waals surface area contributed by atoms with Crippen LogP contribution in [0.3, 0.4) is 0 Å². The van der Waals surface area contributed by atoms with E-state index in [9.17, 15) is 4.79 Å². The highest BCUT2D eigenvalue weighted by molar-refractivity contribution is 7.11. The van der Waals surface area contributed by atoms with Crippen molar-refractivity contribution in [2.24, 2.45) is 0 Å². The molecule has 0 spiro atoms. The predicted molar refractivity (Wildman–Crippen MR) is 89.0 cm³/mol. The van der Waals surface area contributed by atoms with Gasteiger partial charge in [0.05, 0.1) is 13.7 Å². The molecule has 0 bridgehead atoms. The van der Waals surface area contributed by atoms with Crippen LogP contribution in [0.5, 0.6) is 10.9 Å². The molecule has 122 valence electrons. The summed E-state index contributed by atoms with van der Waals surface area (Å²) in [5.74, 6) is 1.02. The van der Waals surface area contributed by atoms with Crippen molar-refractivity contribution in [1.29, 1.82) is 0 Å². The summed E-state index contributed by atoms with van der Waals surface area (Å²) in [6, 6.07) is 7.86. The Hall–Kier alpha value is -2.08. The third-order valence-corrected chi connectivity index (χ3v) is 4.62. The van der Waals surface area contributed by atoms with Gasteiger partial charge in [-0.05, 0) is 24.1 Å². The molecular formula is C17H20N2O3S. The van der Waals surface area contributed by atoms with Crippen molar-refractivity contribution >= 4 is 17.2 Å². The first kappa shape index (κ1) is 15.8. The third-order valence-electron chi connectivity index (χ3n) is 3.96. The second-order valence-corrected chi connectivity index (χ2v) is 6.37. The molecule has 1 aliphatic heterocycles. The van der Waals surface area contributed by atoms with E-state index in [0.717, 1.165) is 30.7 Å². The van der Waals surface area contributed by atoms with Crippen LogP contribution < -0.4 is 9.47 Å². The van der Waals surface area contributed by atoms with E-state index in [-0.39, 0.29) is 12.0 Å². The summed E-state index contributed by atoms with van der Waals surface area (Å²) in [7, 11) is 1.65. The topological polar surface area (TPSA) is 51.7 Å². The second kappa shape index (κ2) is 7.46. The van der Waals surface area contributed by atoms with E-state index < -0.39 is 0 Å². The molecule has 1 fully saturated rings. The molecule has 1 aromatic heterocycles. The quantitative estimate of drug-likeness (QED) is 0.816. The fourth-order valence-electron chi connectivity index (χ4n) is 2.66. The number of aryl methyl sites for hydroxylation is 1. The van der Waals surface area contributed by atoms with Crippen molar-refractivity contribution in [3.8, 4) is 10.9 Å². The molecule has 1 aliphatic rings. The van der Waals surface area contributed by atoms with Gasteiger partial charge in [0, 0.05) is 31.0 Å². The van der Waals surface area contributed by atoms with E-state index >= 15 is 0 Å². The molecule has 1 amide bonds. The van der Waals surface area contributed by atoms with Gasteiger partial charge in [-0.2, -0.15) is 0 Å². The van der Waals surface area contributed by atoms with Crippen molar-refractivity contribution in [3.05, 3.63) is 41.4 Å². The average molecular weight is 332 g/mol. The number of nitrogens with zero attached hydrogens (tertiary/aromatic N) is 2. The minimum absolute atomic E-state index is 0.0612. The van der Waals surface area contributed by atoms with Crippen LogP contribution in [0.4, 0.5) is 0 Å². The Balaban J connectivity index is 1.45. The summed E-state index contributed by atoms with van der Waals surface area (Å²) in [6.07, 6.45) is 3.93. The number of thiazole rings is 1. The number of amides is 1. The molecule has 1 unspecified atom stereocenters. The Morgan fingerprint density at radius 1 is 1.39 bits per heavy atom. The van der Waals surface area contributed by atoms with Gasteiger partial charge in [0.2, 0.25) is 5.91 Å². The molecule has 1 atom stereocenters. The van der Waals surface area contributed by atoms with Crippen molar-refractivity contribution in [2.45, 2.75) is 25.4 Å². The van der Waals surface area contributed by atoms with Gasteiger partial charge < -0.3 is 14.4 Å². The van der Waals surface area contributed by atoms with Crippen molar-refractivity contribution < 1.29 is 14.3 Å². The molecule has 0 aliphatic carbocycles. The van der Waals surface area contributed by atoms with Gasteiger partial charge in [0.25, 0.3) is 5.19 Å². The maximum Gasteiger partial charge on any atom is 0.273 e. The number of methoxy groups -OCH3 is 1. The molecule has 0 radical (unpaired) electrons. The second-order valence-electron chi connectivity index (χ2n) is 5.51. The van der Waals surface area contributed by atoms with E-state index in [1.54, 1.807) is 13.3 Å². The average Bonchev–Trinajstić information content (AvgIpc) is 3.25. The van der Waals surface area contributed by atoms with E-state index in [1.165, 1.54) is 11.3 Å². The first-order valence-electron chi connectivity index (χ1n) is 7.71. The number of benzene rings is 1. The zero-order chi connectivity index (χ0) is 16.1. The molecule has 1 aromatic carbocycles. The Kier molecular flexibility index (Phi) is 5.12. The van der Waals surface area contributed by atoms with Crippen LogP contribution in [0.15, 0.2) is 35.8 Å². The molecule has 5 nitrogen and oxygen atoms in total. The Labute approximate surface area is 139 Å². The van der Waals surface area contributed by atoms with E-state index in [1.807, 2.05) is 34.5 Å². The lowest BCUT2D eigenvalue weighted by molar-refractivity contribution is -0.130. The molecule has 0 N–H and O–H groups in total. The van der Waals surface area contributed by atoms with Gasteiger partial charge >= 0.3 is 0 Å². The lowest BCUT2D eigenvalue weighted by Gasteiger charge is -2.16. The number of aromatic nitrogens is 1. The molecule has 23 heavy (non-hydrogen) atoms. The van der Waals surface area contributed by atoms with Crippen molar-refractivity contribution in [1.82, 2.24) is 9.88 Å². The molecule has 2 aromatic rings. The van der Waals surface area contributed by atoms with Gasteiger partial charge in [0.15, 0.2) is 0 Å². The minimum Gasteiger partial charge on any atom is -0.497 e. The van der Waals surface area contributed by atoms with E-state index in [4.69, 9.17) is 9.47 Å². The number of likely N-dealkylation sites (tertiary alicyclic amines) is 1. The first-order chi connectivity index (χ1) is 11.2. The predicted octanol–water partition coefficient (Wildman–Crippen LogP) is 2.76. The Morgan fingerprint density at radius 3 is 2.91 bits per heavy atom. The summed E-state index contributed by atoms with van der Waals surface area (Å²) < 4.78 is 10.9. The number of hydrogen-bond donors (Lipinski definition) is 0. The van der Waals surface area contributed by atoms with Crippen molar-refractivity contribution in [3.63, 3.8) is 0 Å². The van der Waals surface area contributed by atoms with Crippen LogP contribution in [0.25, 0.3) is 0 Å². The van der Waals surface area contributed by atoms with Crippen molar-refractivity contribution in [2.75, 3.05) is 20.2 Å². The van der Waals surface area contributed by atoms with Gasteiger partial charge in [-0.3, -0.25) is 4.79 Å². The normalized spacial score (nSPS) is 17.3. The lowest BCUT2D eigenvalue weighted by atomic mass is 10.1. The number of ether oxygens (including phenoxy) is 2. The third kappa shape index (κ3) is 4.22. The standard InChI is InChI=1S/C17H20N2O3S/c1-21-14-5-2-13(3-6-14)4-7-16(20)19-10-8-15(12-19)22-17-18-9-11-23-17/h2-3,5-6,9,11,15H,4,7-8,10,12H2,1H3. The van der Waals surface area contributed by atoms with E-state index in [2.05, 4.69) is 4.98 Å². The monoisotopic (exact) mass is 332 g/mol.